The van der Waals surface area contributed by atoms with Crippen molar-refractivity contribution >= 4 is 46.6 Å². The maximum absolute atomic E-state index is 4.25. The van der Waals surface area contributed by atoms with E-state index < -0.39 is 0 Å². The zero-order valence-corrected chi connectivity index (χ0v) is 47.9. The SMILES string of the molecule is Cc1ccccc1-c1cc(-c2cc3c(cc2Nc2ccc4c(c2)C(C)(C)CCC4(C)C)C(C)(C)CCC3(C)C)c2c(c1)N(c1cc3c(cc1C)C(C)(C)CCC3(C)C)c1ccc3c(c1B2)C(C)(C)c1ccccc1-3. The number of nitrogens with one attached hydrogen (secondary N) is 1. The zero-order valence-electron chi connectivity index (χ0n) is 47.9. The molecule has 3 heteroatoms. The topological polar surface area (TPSA) is 15.3 Å². The van der Waals surface area contributed by atoms with E-state index in [0.29, 0.717) is 0 Å². The summed E-state index contributed by atoms with van der Waals surface area (Å²) in [6.45, 7) is 39.3. The highest BCUT2D eigenvalue weighted by atomic mass is 15.2. The average molecular weight is 973 g/mol. The van der Waals surface area contributed by atoms with Crippen LogP contribution in [-0.2, 0) is 37.9 Å². The van der Waals surface area contributed by atoms with Gasteiger partial charge in [0, 0.05) is 39.4 Å². The Labute approximate surface area is 446 Å². The van der Waals surface area contributed by atoms with Gasteiger partial charge in [-0.3, -0.25) is 0 Å². The molecule has 0 fully saturated rings. The summed E-state index contributed by atoms with van der Waals surface area (Å²) in [7, 11) is 0.835. The lowest BCUT2D eigenvalue weighted by molar-refractivity contribution is 0.332. The molecule has 0 bridgehead atoms. The molecule has 0 saturated carbocycles. The van der Waals surface area contributed by atoms with Gasteiger partial charge in [0.15, 0.2) is 7.28 Å². The molecule has 378 valence electrons. The number of fused-ring (bicyclic) bond motifs is 9. The highest BCUT2D eigenvalue weighted by Crippen LogP contribution is 2.55. The Morgan fingerprint density at radius 2 is 0.919 bits per heavy atom. The fourth-order valence-corrected chi connectivity index (χ4v) is 15.0. The van der Waals surface area contributed by atoms with Crippen LogP contribution >= 0.6 is 0 Å². The van der Waals surface area contributed by atoms with E-state index in [9.17, 15) is 0 Å². The van der Waals surface area contributed by atoms with Crippen molar-refractivity contribution in [1.29, 1.82) is 0 Å². The lowest BCUT2D eigenvalue weighted by Crippen LogP contribution is -2.45. The second kappa shape index (κ2) is 16.1. The van der Waals surface area contributed by atoms with Crippen LogP contribution in [0, 0.1) is 13.8 Å². The van der Waals surface area contributed by atoms with Crippen LogP contribution < -0.4 is 21.1 Å². The molecule has 0 amide bonds. The molecule has 0 unspecified atom stereocenters. The van der Waals surface area contributed by atoms with Crippen LogP contribution in [0.1, 0.15) is 191 Å². The predicted molar refractivity (Wildman–Crippen MR) is 321 cm³/mol. The van der Waals surface area contributed by atoms with Gasteiger partial charge in [-0.1, -0.05) is 169 Å². The number of anilines is 5. The van der Waals surface area contributed by atoms with Crippen molar-refractivity contribution in [3.05, 3.63) is 171 Å². The quantitative estimate of drug-likeness (QED) is 0.173. The minimum absolute atomic E-state index is 0.0172. The fraction of sp³-hybridized carbons (Fsp3) is 0.408. The van der Waals surface area contributed by atoms with Gasteiger partial charge in [0.05, 0.1) is 0 Å². The van der Waals surface area contributed by atoms with E-state index in [2.05, 4.69) is 236 Å². The van der Waals surface area contributed by atoms with E-state index in [1.54, 1.807) is 0 Å². The molecule has 1 heterocycles. The van der Waals surface area contributed by atoms with Crippen molar-refractivity contribution < 1.29 is 0 Å². The number of rotatable bonds is 5. The Kier molecular flexibility index (Phi) is 10.7. The van der Waals surface area contributed by atoms with Crippen LogP contribution in [0.2, 0.25) is 0 Å². The normalized spacial score (nSPS) is 20.1. The van der Waals surface area contributed by atoms with Gasteiger partial charge >= 0.3 is 0 Å². The predicted octanol–water partition coefficient (Wildman–Crippen LogP) is 17.9. The third-order valence-electron chi connectivity index (χ3n) is 20.1. The molecular weight excluding hydrogens is 892 g/mol. The molecule has 5 aliphatic rings. The molecule has 2 nitrogen and oxygen atoms in total. The molecule has 74 heavy (non-hydrogen) atoms. The first-order chi connectivity index (χ1) is 34.7. The Balaban J connectivity index is 1.19. The molecule has 4 aliphatic carbocycles. The van der Waals surface area contributed by atoms with Gasteiger partial charge in [-0.05, 0) is 222 Å². The number of nitrogens with zero attached hydrogens (tertiary/aromatic N) is 1. The van der Waals surface area contributed by atoms with Gasteiger partial charge in [-0.15, -0.1) is 0 Å². The molecule has 0 radical (unpaired) electrons. The van der Waals surface area contributed by atoms with Gasteiger partial charge in [0.1, 0.15) is 0 Å². The summed E-state index contributed by atoms with van der Waals surface area (Å²) < 4.78 is 0. The molecule has 0 aromatic heterocycles. The molecule has 7 aromatic rings. The largest absolute Gasteiger partial charge is 0.355 e. The summed E-state index contributed by atoms with van der Waals surface area (Å²) in [5, 5.41) is 4.25. The van der Waals surface area contributed by atoms with Gasteiger partial charge in [-0.25, -0.2) is 0 Å². The van der Waals surface area contributed by atoms with Crippen molar-refractivity contribution in [3.8, 4) is 33.4 Å². The molecule has 1 N–H and O–H groups in total. The van der Waals surface area contributed by atoms with E-state index in [1.165, 1.54) is 154 Å². The van der Waals surface area contributed by atoms with Crippen LogP contribution in [0.5, 0.6) is 0 Å². The van der Waals surface area contributed by atoms with Crippen LogP contribution in [0.4, 0.5) is 28.4 Å². The van der Waals surface area contributed by atoms with Crippen LogP contribution in [0.3, 0.4) is 0 Å². The van der Waals surface area contributed by atoms with Crippen LogP contribution in [-0.4, -0.2) is 7.28 Å². The minimum atomic E-state index is -0.179. The molecular formula is C71H81BN2. The van der Waals surface area contributed by atoms with E-state index in [0.717, 1.165) is 20.1 Å². The maximum atomic E-state index is 4.25. The molecule has 7 aromatic carbocycles. The second-order valence-corrected chi connectivity index (χ2v) is 28.3. The van der Waals surface area contributed by atoms with Gasteiger partial charge in [0.2, 0.25) is 0 Å². The number of aryl methyl sites for hydroxylation is 2. The molecule has 0 saturated heterocycles. The first-order valence-corrected chi connectivity index (χ1v) is 28.3. The summed E-state index contributed by atoms with van der Waals surface area (Å²) in [5.41, 5.74) is 31.8. The summed E-state index contributed by atoms with van der Waals surface area (Å²) in [6.07, 6.45) is 7.07. The Morgan fingerprint density at radius 1 is 0.378 bits per heavy atom. The molecule has 0 spiro atoms. The van der Waals surface area contributed by atoms with E-state index in [1.807, 2.05) is 0 Å². The van der Waals surface area contributed by atoms with E-state index in [-0.39, 0.29) is 37.9 Å². The van der Waals surface area contributed by atoms with Gasteiger partial charge in [-0.2, -0.15) is 0 Å². The summed E-state index contributed by atoms with van der Waals surface area (Å²) in [5.74, 6) is 0. The summed E-state index contributed by atoms with van der Waals surface area (Å²) >= 11 is 0. The lowest BCUT2D eigenvalue weighted by Gasteiger charge is -2.44. The van der Waals surface area contributed by atoms with Crippen molar-refractivity contribution in [2.24, 2.45) is 0 Å². The average Bonchev–Trinajstić information content (AvgIpc) is 3.58. The monoisotopic (exact) mass is 973 g/mol. The standard InChI is InChI=1S/C71H81BN2/c1-42-21-17-18-22-46(42)44-36-50(49-39-55-56(69(11,12)33-32-68(55,9)10)40-58(49)73-45-25-27-52-54(38-45)67(7,8)30-29-65(52,3)4)63-61(37-44)74(60-41-57-53(35-43(60)2)66(5,6)31-34-70(57,13)14)59-28-26-48-47-23-19-20-24-51(47)71(15,16)62(48)64(59)72-63/h17-28,35-41,72-73H,29-34H2,1-16H3. The smallest absolute Gasteiger partial charge is 0.199 e. The lowest BCUT2D eigenvalue weighted by atomic mass is 9.54. The first kappa shape index (κ1) is 49.1. The van der Waals surface area contributed by atoms with E-state index >= 15 is 0 Å². The Morgan fingerprint density at radius 3 is 1.55 bits per heavy atom. The maximum Gasteiger partial charge on any atom is 0.199 e. The number of hydrogen-bond donors (Lipinski definition) is 1. The van der Waals surface area contributed by atoms with Crippen molar-refractivity contribution in [3.63, 3.8) is 0 Å². The third-order valence-corrected chi connectivity index (χ3v) is 20.1. The van der Waals surface area contributed by atoms with Crippen LogP contribution in [0.25, 0.3) is 33.4 Å². The highest BCUT2D eigenvalue weighted by molar-refractivity contribution is 6.74. The van der Waals surface area contributed by atoms with Gasteiger partial charge < -0.3 is 10.2 Å². The van der Waals surface area contributed by atoms with E-state index in [4.69, 9.17) is 0 Å². The molecule has 12 rings (SSSR count). The highest BCUT2D eigenvalue weighted by Gasteiger charge is 2.45. The summed E-state index contributed by atoms with van der Waals surface area (Å²) in [6, 6.07) is 46.2. The first-order valence-electron chi connectivity index (χ1n) is 28.3. The number of hydrogen-bond acceptors (Lipinski definition) is 2. The van der Waals surface area contributed by atoms with Gasteiger partial charge in [0.25, 0.3) is 0 Å². The number of benzene rings is 7. The third kappa shape index (κ3) is 7.39. The fourth-order valence-electron chi connectivity index (χ4n) is 15.0. The summed E-state index contributed by atoms with van der Waals surface area (Å²) in [4.78, 5) is 2.73. The van der Waals surface area contributed by atoms with Crippen LogP contribution in [0.15, 0.2) is 115 Å². The second-order valence-electron chi connectivity index (χ2n) is 28.3. The van der Waals surface area contributed by atoms with Crippen molar-refractivity contribution in [2.75, 3.05) is 10.2 Å². The van der Waals surface area contributed by atoms with Crippen molar-refractivity contribution in [2.45, 2.75) is 187 Å². The van der Waals surface area contributed by atoms with Crippen molar-refractivity contribution in [1.82, 2.24) is 0 Å². The molecule has 1 aliphatic heterocycles. The Hall–Kier alpha value is -5.80. The minimum Gasteiger partial charge on any atom is -0.355 e. The molecule has 0 atom stereocenters. The Bertz CT molecular complexity index is 3510. The zero-order chi connectivity index (χ0) is 52.4.